The molecule has 0 bridgehead atoms. The van der Waals surface area contributed by atoms with E-state index in [-0.39, 0.29) is 29.4 Å². The van der Waals surface area contributed by atoms with Gasteiger partial charge in [-0.3, -0.25) is 14.9 Å². The number of nitrogens with one attached hydrogen (secondary N) is 1. The molecule has 11 nitrogen and oxygen atoms in total. The molecule has 0 atom stereocenters. The molecule has 2 aromatic heterocycles. The van der Waals surface area contributed by atoms with Gasteiger partial charge in [0.2, 0.25) is 5.88 Å². The summed E-state index contributed by atoms with van der Waals surface area (Å²) in [7, 11) is 1.58. The number of nitro benzene ring substituents is 1. The van der Waals surface area contributed by atoms with E-state index < -0.39 is 10.8 Å². The van der Waals surface area contributed by atoms with Gasteiger partial charge in [0, 0.05) is 23.8 Å². The number of hydrogen-bond acceptors (Lipinski definition) is 8. The van der Waals surface area contributed by atoms with Crippen molar-refractivity contribution in [2.45, 2.75) is 0 Å². The average Bonchev–Trinajstić information content (AvgIpc) is 3.25. The number of aromatic nitrogens is 4. The van der Waals surface area contributed by atoms with Crippen LogP contribution in [0.2, 0.25) is 5.02 Å². The number of benzene rings is 2. The second-order valence-corrected chi connectivity index (χ2v) is 7.13. The number of rotatable bonds is 8. The Hall–Kier alpha value is -4.25. The lowest BCUT2D eigenvalue weighted by Crippen LogP contribution is -2.28. The Morgan fingerprint density at radius 3 is 2.82 bits per heavy atom. The number of fused-ring (bicyclic) bond motifs is 1. The summed E-state index contributed by atoms with van der Waals surface area (Å²) in [6.45, 7) is 0.232. The first-order chi connectivity index (χ1) is 16.0. The molecule has 4 rings (SSSR count). The van der Waals surface area contributed by atoms with Crippen LogP contribution in [0.4, 0.5) is 5.69 Å². The highest BCUT2D eigenvalue weighted by Gasteiger charge is 2.16. The first kappa shape index (κ1) is 22.0. The van der Waals surface area contributed by atoms with Crippen LogP contribution < -0.4 is 14.8 Å². The summed E-state index contributed by atoms with van der Waals surface area (Å²) in [5.41, 5.74) is 1.10. The minimum absolute atomic E-state index is 0.0119. The third-order valence-electron chi connectivity index (χ3n) is 4.61. The minimum atomic E-state index is -0.594. The van der Waals surface area contributed by atoms with Crippen LogP contribution in [-0.2, 0) is 0 Å². The maximum atomic E-state index is 12.3. The summed E-state index contributed by atoms with van der Waals surface area (Å²) in [5.74, 6) is 0.947. The predicted molar refractivity (Wildman–Crippen MR) is 119 cm³/mol. The zero-order chi connectivity index (χ0) is 23.4. The van der Waals surface area contributed by atoms with Crippen molar-refractivity contribution in [3.05, 3.63) is 75.3 Å². The number of nitrogens with zero attached hydrogens (tertiary/aromatic N) is 5. The maximum absolute atomic E-state index is 12.3. The molecule has 0 aliphatic rings. The van der Waals surface area contributed by atoms with Crippen molar-refractivity contribution in [2.24, 2.45) is 0 Å². The van der Waals surface area contributed by atoms with Gasteiger partial charge in [0.25, 0.3) is 11.6 Å². The number of non-ortho nitro benzene ring substituents is 1. The van der Waals surface area contributed by atoms with Crippen molar-refractivity contribution in [1.82, 2.24) is 25.1 Å². The molecule has 4 aromatic rings. The van der Waals surface area contributed by atoms with Crippen LogP contribution in [0.3, 0.4) is 0 Å². The van der Waals surface area contributed by atoms with E-state index >= 15 is 0 Å². The van der Waals surface area contributed by atoms with Crippen LogP contribution in [0, 0.1) is 10.1 Å². The highest BCUT2D eigenvalue weighted by atomic mass is 35.5. The summed E-state index contributed by atoms with van der Waals surface area (Å²) in [5, 5.41) is 26.3. The molecule has 0 saturated carbocycles. The molecule has 2 aromatic carbocycles. The van der Waals surface area contributed by atoms with Crippen LogP contribution >= 0.6 is 11.6 Å². The molecular formula is C21H17ClN6O5. The zero-order valence-corrected chi connectivity index (χ0v) is 18.0. The van der Waals surface area contributed by atoms with Gasteiger partial charge in [-0.1, -0.05) is 23.7 Å². The Bertz CT molecular complexity index is 1340. The number of carbonyl (C=O) groups is 1. The van der Waals surface area contributed by atoms with E-state index in [9.17, 15) is 14.9 Å². The van der Waals surface area contributed by atoms with E-state index in [4.69, 9.17) is 21.1 Å². The number of methoxy groups -OCH3 is 1. The number of ether oxygens (including phenoxy) is 2. The normalized spacial score (nSPS) is 10.7. The average molecular weight is 469 g/mol. The van der Waals surface area contributed by atoms with Crippen molar-refractivity contribution in [3.8, 4) is 23.0 Å². The molecule has 0 aliphatic heterocycles. The molecule has 0 unspecified atom stereocenters. The summed E-state index contributed by atoms with van der Waals surface area (Å²) in [4.78, 5) is 22.6. The quantitative estimate of drug-likeness (QED) is 0.237. The van der Waals surface area contributed by atoms with Crippen molar-refractivity contribution in [2.75, 3.05) is 20.3 Å². The van der Waals surface area contributed by atoms with Crippen molar-refractivity contribution in [1.29, 1.82) is 0 Å². The van der Waals surface area contributed by atoms with Crippen LogP contribution in [0.25, 0.3) is 17.0 Å². The molecule has 1 amide bonds. The van der Waals surface area contributed by atoms with E-state index in [0.29, 0.717) is 23.1 Å². The van der Waals surface area contributed by atoms with Crippen molar-refractivity contribution < 1.29 is 19.2 Å². The highest BCUT2D eigenvalue weighted by Crippen LogP contribution is 2.23. The lowest BCUT2D eigenvalue weighted by Gasteiger charge is -2.09. The zero-order valence-electron chi connectivity index (χ0n) is 17.3. The maximum Gasteiger partial charge on any atom is 0.270 e. The Kier molecular flexibility index (Phi) is 6.31. The summed E-state index contributed by atoms with van der Waals surface area (Å²) < 4.78 is 12.4. The molecule has 0 saturated heterocycles. The van der Waals surface area contributed by atoms with Gasteiger partial charge < -0.3 is 14.8 Å². The van der Waals surface area contributed by atoms with Crippen LogP contribution in [0.15, 0.2) is 54.6 Å². The van der Waals surface area contributed by atoms with Crippen molar-refractivity contribution in [3.63, 3.8) is 0 Å². The van der Waals surface area contributed by atoms with Gasteiger partial charge in [-0.25, -0.2) is 0 Å². The monoisotopic (exact) mass is 468 g/mol. The van der Waals surface area contributed by atoms with Gasteiger partial charge in [-0.15, -0.1) is 15.3 Å². The van der Waals surface area contributed by atoms with Crippen LogP contribution in [-0.4, -0.2) is 50.9 Å². The SMILES string of the molecule is COc1cccc(-c2nnc3ccc(OCCNC(=O)c4cc([N+](=O)[O-])ccc4Cl)nn23)c1. The Morgan fingerprint density at radius 1 is 1.18 bits per heavy atom. The number of halogens is 1. The van der Waals surface area contributed by atoms with E-state index in [0.717, 1.165) is 11.6 Å². The van der Waals surface area contributed by atoms with Gasteiger partial charge in [-0.2, -0.15) is 4.52 Å². The number of nitro groups is 1. The van der Waals surface area contributed by atoms with Gasteiger partial charge in [0.15, 0.2) is 11.5 Å². The van der Waals surface area contributed by atoms with Gasteiger partial charge >= 0.3 is 0 Å². The first-order valence-corrected chi connectivity index (χ1v) is 10.1. The molecule has 0 aliphatic carbocycles. The number of hydrogen-bond donors (Lipinski definition) is 1. The van der Waals surface area contributed by atoms with Gasteiger partial charge in [-0.05, 0) is 24.3 Å². The van der Waals surface area contributed by atoms with Gasteiger partial charge in [0.05, 0.1) is 29.2 Å². The highest BCUT2D eigenvalue weighted by molar-refractivity contribution is 6.33. The minimum Gasteiger partial charge on any atom is -0.497 e. The molecule has 33 heavy (non-hydrogen) atoms. The summed E-state index contributed by atoms with van der Waals surface area (Å²) >= 11 is 5.99. The van der Waals surface area contributed by atoms with E-state index in [1.807, 2.05) is 24.3 Å². The molecule has 0 radical (unpaired) electrons. The first-order valence-electron chi connectivity index (χ1n) is 9.68. The van der Waals surface area contributed by atoms with E-state index in [1.54, 1.807) is 23.8 Å². The third-order valence-corrected chi connectivity index (χ3v) is 4.94. The molecule has 0 spiro atoms. The lowest BCUT2D eigenvalue weighted by molar-refractivity contribution is -0.384. The van der Waals surface area contributed by atoms with Gasteiger partial charge in [0.1, 0.15) is 12.4 Å². The number of amides is 1. The molecule has 0 fully saturated rings. The summed E-state index contributed by atoms with van der Waals surface area (Å²) in [6, 6.07) is 14.4. The predicted octanol–water partition coefficient (Wildman–Crippen LogP) is 3.17. The Morgan fingerprint density at radius 2 is 2.03 bits per heavy atom. The Labute approximate surface area is 192 Å². The van der Waals surface area contributed by atoms with Crippen molar-refractivity contribution >= 4 is 28.8 Å². The van der Waals surface area contributed by atoms with E-state index in [2.05, 4.69) is 20.6 Å². The molecule has 12 heteroatoms. The second kappa shape index (κ2) is 9.49. The second-order valence-electron chi connectivity index (χ2n) is 6.72. The fraction of sp³-hybridized carbons (Fsp3) is 0.143. The lowest BCUT2D eigenvalue weighted by atomic mass is 10.2. The smallest absolute Gasteiger partial charge is 0.270 e. The number of carbonyl (C=O) groups excluding carboxylic acids is 1. The summed E-state index contributed by atoms with van der Waals surface area (Å²) in [6.07, 6.45) is 0. The molecule has 2 heterocycles. The standard InChI is InChI=1S/C21H17ClN6O5/c1-32-15-4-2-3-13(11-15)20-25-24-18-7-8-19(26-27(18)20)33-10-9-23-21(29)16-12-14(28(30)31)5-6-17(16)22/h2-8,11-12H,9-10H2,1H3,(H,23,29). The van der Waals surface area contributed by atoms with E-state index in [1.165, 1.54) is 12.1 Å². The fourth-order valence-corrected chi connectivity index (χ4v) is 3.21. The molecule has 1 N–H and O–H groups in total. The molecular weight excluding hydrogens is 452 g/mol. The molecule has 168 valence electrons. The largest absolute Gasteiger partial charge is 0.497 e. The van der Waals surface area contributed by atoms with Crippen LogP contribution in [0.5, 0.6) is 11.6 Å². The fourth-order valence-electron chi connectivity index (χ4n) is 3.01. The van der Waals surface area contributed by atoms with Crippen LogP contribution in [0.1, 0.15) is 10.4 Å². The topological polar surface area (TPSA) is 134 Å². The third kappa shape index (κ3) is 4.83. The Balaban J connectivity index is 1.41.